The second-order valence-electron chi connectivity index (χ2n) is 15.8. The molecule has 0 amide bonds. The summed E-state index contributed by atoms with van der Waals surface area (Å²) >= 11 is 0. The minimum atomic E-state index is -1.79. The van der Waals surface area contributed by atoms with Crippen LogP contribution in [-0.2, 0) is 0 Å². The Labute approximate surface area is 269 Å². The summed E-state index contributed by atoms with van der Waals surface area (Å²) in [4.78, 5) is 0. The SMILES string of the molecule is C[P@@](c1cc2c(cc1[P@](C)C(C)(C)C)OCO2)C(C)(C)C.[B][P+](C)(c1cc2c(cc1[P@](C)C(C)(C)C)OCO2)C(C)(C)C. The Morgan fingerprint density at radius 2 is 0.814 bits per heavy atom. The average molecular weight is 664 g/mol. The summed E-state index contributed by atoms with van der Waals surface area (Å²) in [7, 11) is 4.30. The van der Waals surface area contributed by atoms with Crippen molar-refractivity contribution in [1.29, 1.82) is 0 Å². The topological polar surface area (TPSA) is 36.9 Å². The van der Waals surface area contributed by atoms with E-state index in [1.165, 1.54) is 21.2 Å². The van der Waals surface area contributed by atoms with Gasteiger partial charge in [-0.2, -0.15) is 0 Å². The van der Waals surface area contributed by atoms with Crippen LogP contribution in [0.25, 0.3) is 0 Å². The zero-order chi connectivity index (χ0) is 32.9. The molecule has 1 unspecified atom stereocenters. The molecule has 0 saturated heterocycles. The van der Waals surface area contributed by atoms with Crippen LogP contribution in [-0.4, -0.2) is 68.4 Å². The van der Waals surface area contributed by atoms with E-state index in [0.717, 1.165) is 23.0 Å². The molecule has 4 nitrogen and oxygen atoms in total. The van der Waals surface area contributed by atoms with E-state index in [4.69, 9.17) is 26.5 Å². The standard InChI is InChI=1S/C17H28BO2P2.C17H28O2P2/c1-16(2,3)21(7)14-9-12-13(20-11-19-12)10-15(14)22(8,18)17(4,5)6;1-16(2,3)20(7)14-9-12-13(19-11-18-12)10-15(14)21(8)17(4,5)6/h9-10H,11H2,1-8H3;9-10H,11H2,1-8H3/q+1;/t21-,22?;20-,21-/m00/s1. The lowest BCUT2D eigenvalue weighted by atomic mass is 10.2. The van der Waals surface area contributed by atoms with Gasteiger partial charge in [0.15, 0.2) is 23.0 Å². The second-order valence-corrected chi connectivity index (χ2v) is 28.6. The molecule has 0 N–H and O–H groups in total. The van der Waals surface area contributed by atoms with E-state index in [0.29, 0.717) is 23.9 Å². The summed E-state index contributed by atoms with van der Waals surface area (Å²) in [6, 6.07) is 8.84. The molecule has 0 aliphatic carbocycles. The fraction of sp³-hybridized carbons (Fsp3) is 0.647. The molecule has 4 rings (SSSR count). The van der Waals surface area contributed by atoms with Gasteiger partial charge < -0.3 is 18.9 Å². The molecule has 2 heterocycles. The second kappa shape index (κ2) is 12.9. The molecule has 2 aliphatic heterocycles. The van der Waals surface area contributed by atoms with Crippen LogP contribution in [0.2, 0.25) is 0 Å². The Morgan fingerprint density at radius 3 is 1.12 bits per heavy atom. The maximum atomic E-state index is 6.92. The molecule has 2 aromatic carbocycles. The van der Waals surface area contributed by atoms with Gasteiger partial charge in [0.1, 0.15) is 0 Å². The van der Waals surface area contributed by atoms with Gasteiger partial charge in [-0.05, 0) is 92.2 Å². The van der Waals surface area contributed by atoms with E-state index in [9.17, 15) is 0 Å². The molecule has 2 radical (unpaired) electrons. The summed E-state index contributed by atoms with van der Waals surface area (Å²) in [6.07, 6.45) is 0. The van der Waals surface area contributed by atoms with Gasteiger partial charge in [0.05, 0.1) is 10.5 Å². The van der Waals surface area contributed by atoms with Crippen molar-refractivity contribution in [1.82, 2.24) is 0 Å². The Kier molecular flexibility index (Phi) is 11.1. The van der Waals surface area contributed by atoms with Crippen molar-refractivity contribution in [2.45, 2.75) is 104 Å². The van der Waals surface area contributed by atoms with E-state index >= 15 is 0 Å². The fourth-order valence-electron chi connectivity index (χ4n) is 4.46. The number of fused-ring (bicyclic) bond motifs is 2. The molecule has 9 heteroatoms. The maximum Gasteiger partial charge on any atom is 0.371 e. The minimum absolute atomic E-state index is 0.0590. The van der Waals surface area contributed by atoms with Gasteiger partial charge in [-0.25, -0.2) is 0 Å². The normalized spacial score (nSPS) is 18.3. The zero-order valence-corrected chi connectivity index (χ0v) is 33.3. The van der Waals surface area contributed by atoms with Crippen molar-refractivity contribution in [3.63, 3.8) is 0 Å². The first kappa shape index (κ1) is 36.9. The molecule has 238 valence electrons. The number of rotatable bonds is 4. The smallest absolute Gasteiger partial charge is 0.371 e. The van der Waals surface area contributed by atoms with Gasteiger partial charge in [0, 0.05) is 18.0 Å². The van der Waals surface area contributed by atoms with E-state index in [2.05, 4.69) is 134 Å². The third-order valence-corrected chi connectivity index (χ3v) is 22.8. The van der Waals surface area contributed by atoms with Gasteiger partial charge in [-0.1, -0.05) is 86.1 Å². The highest BCUT2D eigenvalue weighted by Crippen LogP contribution is 2.62. The van der Waals surface area contributed by atoms with Crippen LogP contribution in [0.5, 0.6) is 23.0 Å². The van der Waals surface area contributed by atoms with Gasteiger partial charge in [-0.15, -0.1) is 0 Å². The molecule has 0 saturated carbocycles. The number of ether oxygens (including phenoxy) is 4. The molecule has 0 fully saturated rings. The molecular formula is C34H56BO4P4+. The maximum absolute atomic E-state index is 6.92. The van der Waals surface area contributed by atoms with Crippen LogP contribution < -0.4 is 40.2 Å². The minimum Gasteiger partial charge on any atom is -0.454 e. The van der Waals surface area contributed by atoms with Crippen molar-refractivity contribution in [2.24, 2.45) is 0 Å². The first-order valence-corrected chi connectivity index (χ1v) is 22.8. The number of hydrogen-bond donors (Lipinski definition) is 0. The van der Waals surface area contributed by atoms with E-state index in [1.807, 2.05) is 0 Å². The van der Waals surface area contributed by atoms with Crippen LogP contribution in [0.15, 0.2) is 24.3 Å². The van der Waals surface area contributed by atoms with Crippen molar-refractivity contribution < 1.29 is 18.9 Å². The van der Waals surface area contributed by atoms with Crippen LogP contribution in [0.1, 0.15) is 83.1 Å². The summed E-state index contributed by atoms with van der Waals surface area (Å²) in [5.74, 6) is 3.55. The monoisotopic (exact) mass is 663 g/mol. The Balaban J connectivity index is 0.000000236. The van der Waals surface area contributed by atoms with Gasteiger partial charge in [0.25, 0.3) is 0 Å². The third-order valence-electron chi connectivity index (χ3n) is 8.94. The molecule has 0 aromatic heterocycles. The predicted octanol–water partition coefficient (Wildman–Crippen LogP) is 8.59. The summed E-state index contributed by atoms with van der Waals surface area (Å²) in [5.41, 5.74) is 0. The lowest BCUT2D eigenvalue weighted by Crippen LogP contribution is -2.37. The molecule has 4 atom stereocenters. The summed E-state index contributed by atoms with van der Waals surface area (Å²) in [6.45, 7) is 37.7. The van der Waals surface area contributed by atoms with Crippen LogP contribution in [0.4, 0.5) is 0 Å². The molecule has 2 aliphatic rings. The van der Waals surface area contributed by atoms with Crippen LogP contribution in [0.3, 0.4) is 0 Å². The summed E-state index contributed by atoms with van der Waals surface area (Å²) in [5, 5.41) is 6.54. The fourth-order valence-corrected chi connectivity index (χ4v) is 12.4. The first-order chi connectivity index (χ1) is 19.4. The Bertz CT molecular complexity index is 1250. The highest BCUT2D eigenvalue weighted by atomic mass is 31.2. The summed E-state index contributed by atoms with van der Waals surface area (Å²) < 4.78 is 22.5. The Morgan fingerprint density at radius 1 is 0.535 bits per heavy atom. The lowest BCUT2D eigenvalue weighted by Gasteiger charge is -2.37. The zero-order valence-electron chi connectivity index (χ0n) is 29.7. The lowest BCUT2D eigenvalue weighted by molar-refractivity contribution is 0.173. The third kappa shape index (κ3) is 8.23. The average Bonchev–Trinajstić information content (AvgIpc) is 3.52. The predicted molar refractivity (Wildman–Crippen MR) is 200 cm³/mol. The van der Waals surface area contributed by atoms with E-state index < -0.39 is 7.14 Å². The van der Waals surface area contributed by atoms with Crippen molar-refractivity contribution in [3.05, 3.63) is 24.3 Å². The quantitative estimate of drug-likeness (QED) is 0.243. The molecule has 43 heavy (non-hydrogen) atoms. The van der Waals surface area contributed by atoms with E-state index in [-0.39, 0.29) is 34.1 Å². The number of benzene rings is 2. The molecule has 0 bridgehead atoms. The Hall–Kier alpha value is -0.575. The highest BCUT2D eigenvalue weighted by Gasteiger charge is 2.46. The highest BCUT2D eigenvalue weighted by molar-refractivity contribution is 8.04. The number of hydrogen-bond acceptors (Lipinski definition) is 4. The van der Waals surface area contributed by atoms with Crippen molar-refractivity contribution >= 4 is 59.7 Å². The molecule has 2 aromatic rings. The first-order valence-electron chi connectivity index (χ1n) is 15.1. The van der Waals surface area contributed by atoms with Crippen molar-refractivity contribution in [3.8, 4) is 23.0 Å². The largest absolute Gasteiger partial charge is 0.454 e. The van der Waals surface area contributed by atoms with Crippen LogP contribution in [0, 0.1) is 0 Å². The van der Waals surface area contributed by atoms with Gasteiger partial charge in [-0.3, -0.25) is 0 Å². The van der Waals surface area contributed by atoms with Gasteiger partial charge in [0.2, 0.25) is 13.6 Å². The molecular weight excluding hydrogens is 607 g/mol. The van der Waals surface area contributed by atoms with Crippen LogP contribution >= 0.6 is 30.9 Å². The van der Waals surface area contributed by atoms with Crippen molar-refractivity contribution in [2.75, 3.05) is 40.2 Å². The van der Waals surface area contributed by atoms with E-state index in [1.54, 1.807) is 0 Å². The van der Waals surface area contributed by atoms with Gasteiger partial charge >= 0.3 is 7.57 Å². The molecule has 0 spiro atoms.